The van der Waals surface area contributed by atoms with Crippen LogP contribution in [-0.2, 0) is 4.74 Å². The molecule has 0 spiro atoms. The number of hydrogen-bond donors (Lipinski definition) is 0. The molecular weight excluding hydrogens is 198 g/mol. The van der Waals surface area contributed by atoms with Gasteiger partial charge < -0.3 is 4.74 Å². The summed E-state index contributed by atoms with van der Waals surface area (Å²) in [6, 6.07) is 0.533. The molecular formula is C14H21NO. The molecule has 0 aromatic carbocycles. The molecule has 1 saturated heterocycles. The van der Waals surface area contributed by atoms with Crippen molar-refractivity contribution in [1.29, 1.82) is 0 Å². The van der Waals surface area contributed by atoms with Gasteiger partial charge in [-0.15, -0.1) is 0 Å². The first-order valence-electron chi connectivity index (χ1n) is 6.03. The van der Waals surface area contributed by atoms with Crippen LogP contribution in [0.2, 0.25) is 0 Å². The third-order valence-electron chi connectivity index (χ3n) is 3.69. The summed E-state index contributed by atoms with van der Waals surface area (Å²) in [6.07, 6.45) is 9.69. The highest BCUT2D eigenvalue weighted by molar-refractivity contribution is 5.21. The summed E-state index contributed by atoms with van der Waals surface area (Å²) < 4.78 is 5.79. The normalized spacial score (nSPS) is 39.9. The van der Waals surface area contributed by atoms with E-state index in [9.17, 15) is 0 Å². The molecule has 1 fully saturated rings. The Morgan fingerprint density at radius 2 is 2.00 bits per heavy atom. The highest BCUT2D eigenvalue weighted by Crippen LogP contribution is 2.30. The average Bonchev–Trinajstić information content (AvgIpc) is 2.63. The Kier molecular flexibility index (Phi) is 3.49. The van der Waals surface area contributed by atoms with Gasteiger partial charge in [0.05, 0.1) is 5.76 Å². The minimum absolute atomic E-state index is 0.533. The van der Waals surface area contributed by atoms with Crippen molar-refractivity contribution >= 4 is 0 Å². The van der Waals surface area contributed by atoms with E-state index in [0.717, 1.165) is 12.4 Å². The van der Waals surface area contributed by atoms with Crippen molar-refractivity contribution in [3.05, 3.63) is 35.6 Å². The van der Waals surface area contributed by atoms with Gasteiger partial charge in [-0.25, -0.2) is 0 Å². The molecule has 0 N–H and O–H groups in total. The summed E-state index contributed by atoms with van der Waals surface area (Å²) in [5, 5.41) is 0. The van der Waals surface area contributed by atoms with Crippen LogP contribution in [-0.4, -0.2) is 31.1 Å². The van der Waals surface area contributed by atoms with Crippen molar-refractivity contribution in [3.8, 4) is 0 Å². The maximum atomic E-state index is 5.79. The van der Waals surface area contributed by atoms with Gasteiger partial charge in [0.25, 0.3) is 0 Å². The van der Waals surface area contributed by atoms with Crippen LogP contribution >= 0.6 is 0 Å². The Morgan fingerprint density at radius 1 is 1.25 bits per heavy atom. The highest BCUT2D eigenvalue weighted by Gasteiger charge is 2.33. The Labute approximate surface area is 98.3 Å². The van der Waals surface area contributed by atoms with Crippen molar-refractivity contribution in [2.24, 2.45) is 5.92 Å². The van der Waals surface area contributed by atoms with Crippen molar-refractivity contribution in [2.45, 2.75) is 26.3 Å². The quantitative estimate of drug-likeness (QED) is 0.621. The van der Waals surface area contributed by atoms with Crippen LogP contribution < -0.4 is 0 Å². The van der Waals surface area contributed by atoms with Crippen molar-refractivity contribution < 1.29 is 4.74 Å². The van der Waals surface area contributed by atoms with E-state index >= 15 is 0 Å². The van der Waals surface area contributed by atoms with E-state index in [1.807, 2.05) is 13.0 Å². The van der Waals surface area contributed by atoms with E-state index in [0.29, 0.717) is 12.0 Å². The van der Waals surface area contributed by atoms with Gasteiger partial charge in [-0.2, -0.15) is 0 Å². The largest absolute Gasteiger partial charge is 0.497 e. The topological polar surface area (TPSA) is 12.5 Å². The monoisotopic (exact) mass is 219 g/mol. The summed E-state index contributed by atoms with van der Waals surface area (Å²) in [5.41, 5.74) is 1.47. The molecule has 2 aliphatic rings. The number of hydrogen-bond acceptors (Lipinski definition) is 2. The average molecular weight is 219 g/mol. The van der Waals surface area contributed by atoms with Crippen molar-refractivity contribution in [1.82, 2.24) is 4.90 Å². The Morgan fingerprint density at radius 3 is 2.81 bits per heavy atom. The molecule has 2 heteroatoms. The standard InChI is InChI=1S/C14H21NO/c1-11-6-4-5-7-12(2)16-10-14-13(11)8-9-15(14)3/h4-7,13-14H,8-10H2,1-3H3/b5-4-,11-6+,12-7+. The predicted molar refractivity (Wildman–Crippen MR) is 67.1 cm³/mol. The van der Waals surface area contributed by atoms with Crippen molar-refractivity contribution in [2.75, 3.05) is 20.2 Å². The number of ether oxygens (including phenoxy) is 1. The van der Waals surface area contributed by atoms with Gasteiger partial charge in [-0.1, -0.05) is 23.8 Å². The number of allylic oxidation sites excluding steroid dienone is 5. The first-order chi connectivity index (χ1) is 7.68. The summed E-state index contributed by atoms with van der Waals surface area (Å²) >= 11 is 0. The van der Waals surface area contributed by atoms with Crippen LogP contribution in [0.1, 0.15) is 20.3 Å². The van der Waals surface area contributed by atoms with Gasteiger partial charge in [0.15, 0.2) is 0 Å². The number of rotatable bonds is 0. The van der Waals surface area contributed by atoms with E-state index in [1.165, 1.54) is 18.5 Å². The first kappa shape index (κ1) is 11.5. The van der Waals surface area contributed by atoms with Crippen LogP contribution in [0.5, 0.6) is 0 Å². The number of nitrogens with zero attached hydrogens (tertiary/aromatic N) is 1. The lowest BCUT2D eigenvalue weighted by Crippen LogP contribution is -2.34. The number of likely N-dealkylation sites (N-methyl/N-ethyl adjacent to an activating group) is 1. The molecule has 88 valence electrons. The molecule has 0 radical (unpaired) electrons. The molecule has 16 heavy (non-hydrogen) atoms. The van der Waals surface area contributed by atoms with Crippen LogP contribution in [0.3, 0.4) is 0 Å². The maximum absolute atomic E-state index is 5.79. The van der Waals surface area contributed by atoms with Crippen LogP contribution in [0.25, 0.3) is 0 Å². The minimum atomic E-state index is 0.533. The Hall–Kier alpha value is -1.02. The maximum Gasteiger partial charge on any atom is 0.104 e. The van der Waals surface area contributed by atoms with Gasteiger partial charge in [-0.05, 0) is 45.9 Å². The predicted octanol–water partition coefficient (Wildman–Crippen LogP) is 2.74. The molecule has 2 rings (SSSR count). The third-order valence-corrected chi connectivity index (χ3v) is 3.69. The first-order valence-corrected chi connectivity index (χ1v) is 6.03. The van der Waals surface area contributed by atoms with Gasteiger partial charge in [0.2, 0.25) is 0 Å². The lowest BCUT2D eigenvalue weighted by atomic mass is 9.92. The molecule has 0 saturated carbocycles. The molecule has 0 bridgehead atoms. The van der Waals surface area contributed by atoms with E-state index in [1.54, 1.807) is 0 Å². The van der Waals surface area contributed by atoms with Crippen LogP contribution in [0, 0.1) is 5.92 Å². The Bertz CT molecular complexity index is 341. The number of likely N-dealkylation sites (tertiary alicyclic amines) is 1. The zero-order valence-corrected chi connectivity index (χ0v) is 10.4. The van der Waals surface area contributed by atoms with Crippen molar-refractivity contribution in [3.63, 3.8) is 0 Å². The van der Waals surface area contributed by atoms with E-state index in [4.69, 9.17) is 4.74 Å². The molecule has 0 aliphatic carbocycles. The van der Waals surface area contributed by atoms with Gasteiger partial charge in [0, 0.05) is 6.04 Å². The van der Waals surface area contributed by atoms with Crippen LogP contribution in [0.15, 0.2) is 35.6 Å². The SMILES string of the molecule is C\C1=C/C=C\C=C(/C)C2CCN(C)C2CO1. The minimum Gasteiger partial charge on any atom is -0.497 e. The summed E-state index contributed by atoms with van der Waals surface area (Å²) in [7, 11) is 2.20. The van der Waals surface area contributed by atoms with Gasteiger partial charge in [0.1, 0.15) is 6.61 Å². The second-order valence-electron chi connectivity index (χ2n) is 4.83. The molecule has 0 aromatic rings. The molecule has 0 aromatic heterocycles. The molecule has 2 heterocycles. The molecule has 2 atom stereocenters. The zero-order chi connectivity index (χ0) is 11.5. The second kappa shape index (κ2) is 4.88. The van der Waals surface area contributed by atoms with E-state index in [2.05, 4.69) is 37.1 Å². The molecule has 2 unspecified atom stereocenters. The smallest absolute Gasteiger partial charge is 0.104 e. The van der Waals surface area contributed by atoms with Crippen LogP contribution in [0.4, 0.5) is 0 Å². The molecule has 0 amide bonds. The van der Waals surface area contributed by atoms with E-state index < -0.39 is 0 Å². The second-order valence-corrected chi connectivity index (χ2v) is 4.83. The summed E-state index contributed by atoms with van der Waals surface area (Å²) in [6.45, 7) is 6.24. The number of fused-ring (bicyclic) bond motifs is 1. The molecule has 2 nitrogen and oxygen atoms in total. The fraction of sp³-hybridized carbons (Fsp3) is 0.571. The summed E-state index contributed by atoms with van der Waals surface area (Å²) in [4.78, 5) is 2.42. The third kappa shape index (κ3) is 2.38. The molecule has 2 aliphatic heterocycles. The summed E-state index contributed by atoms with van der Waals surface area (Å²) in [5.74, 6) is 1.66. The Balaban J connectivity index is 2.23. The zero-order valence-electron chi connectivity index (χ0n) is 10.4. The lowest BCUT2D eigenvalue weighted by molar-refractivity contribution is 0.126. The van der Waals surface area contributed by atoms with Gasteiger partial charge in [-0.3, -0.25) is 4.90 Å². The van der Waals surface area contributed by atoms with E-state index in [-0.39, 0.29) is 0 Å². The fourth-order valence-electron chi connectivity index (χ4n) is 2.57. The highest BCUT2D eigenvalue weighted by atomic mass is 16.5. The fourth-order valence-corrected chi connectivity index (χ4v) is 2.57. The lowest BCUT2D eigenvalue weighted by Gasteiger charge is -2.26. The van der Waals surface area contributed by atoms with Gasteiger partial charge >= 0.3 is 0 Å².